The summed E-state index contributed by atoms with van der Waals surface area (Å²) < 4.78 is 10.4. The minimum absolute atomic E-state index is 0.152. The maximum Gasteiger partial charge on any atom is 0.279 e. The molecule has 128 valence electrons. The molecule has 0 bridgehead atoms. The van der Waals surface area contributed by atoms with Crippen molar-refractivity contribution in [3.63, 3.8) is 0 Å². The number of carbonyl (C=O) groups is 1. The number of nitrogens with zero attached hydrogens (tertiary/aromatic N) is 2. The van der Waals surface area contributed by atoms with Crippen molar-refractivity contribution in [3.05, 3.63) is 35.9 Å². The van der Waals surface area contributed by atoms with E-state index in [1.807, 2.05) is 0 Å². The molecule has 0 atom stereocenters. The smallest absolute Gasteiger partial charge is 0.279 e. The third kappa shape index (κ3) is 5.62. The molecule has 0 saturated heterocycles. The van der Waals surface area contributed by atoms with E-state index >= 15 is 0 Å². The van der Waals surface area contributed by atoms with E-state index in [-0.39, 0.29) is 10.8 Å². The minimum Gasteiger partial charge on any atom is -0.478 e. The van der Waals surface area contributed by atoms with Crippen LogP contribution in [0, 0.1) is 6.92 Å². The fourth-order valence-electron chi connectivity index (χ4n) is 1.87. The van der Waals surface area contributed by atoms with Crippen molar-refractivity contribution >= 4 is 28.9 Å². The van der Waals surface area contributed by atoms with Gasteiger partial charge in [-0.2, -0.15) is 0 Å². The first-order chi connectivity index (χ1) is 11.6. The average Bonchev–Trinajstić information content (AvgIpc) is 3.00. The summed E-state index contributed by atoms with van der Waals surface area (Å²) in [7, 11) is 0. The van der Waals surface area contributed by atoms with Crippen LogP contribution in [0.25, 0.3) is 0 Å². The van der Waals surface area contributed by atoms with Crippen LogP contribution in [0.4, 0.5) is 5.69 Å². The quantitative estimate of drug-likeness (QED) is 0.587. The highest BCUT2D eigenvalue weighted by atomic mass is 32.1. The Morgan fingerprint density at radius 3 is 2.83 bits per heavy atom. The number of hydrogen-bond acceptors (Lipinski definition) is 6. The number of ether oxygens (including phenoxy) is 1. The molecule has 0 aliphatic heterocycles. The Kier molecular flexibility index (Phi) is 6.68. The SMILES string of the molecule is CCCCCOc1ccc(NC(=S)NC(=O)c2cc(C)on2)cn1. The third-order valence-electron chi connectivity index (χ3n) is 3.08. The van der Waals surface area contributed by atoms with Gasteiger partial charge >= 0.3 is 0 Å². The van der Waals surface area contributed by atoms with Gasteiger partial charge in [0.2, 0.25) is 5.88 Å². The predicted molar refractivity (Wildman–Crippen MR) is 94.2 cm³/mol. The summed E-state index contributed by atoms with van der Waals surface area (Å²) in [5, 5.41) is 9.17. The lowest BCUT2D eigenvalue weighted by molar-refractivity contribution is 0.0969. The zero-order valence-corrected chi connectivity index (χ0v) is 14.5. The van der Waals surface area contributed by atoms with Crippen molar-refractivity contribution in [2.45, 2.75) is 33.1 Å². The largest absolute Gasteiger partial charge is 0.478 e. The van der Waals surface area contributed by atoms with Crippen LogP contribution in [-0.4, -0.2) is 27.8 Å². The Hall–Kier alpha value is -2.48. The first-order valence-corrected chi connectivity index (χ1v) is 8.14. The van der Waals surface area contributed by atoms with E-state index in [9.17, 15) is 4.79 Å². The molecular formula is C16H20N4O3S. The van der Waals surface area contributed by atoms with Gasteiger partial charge in [0.05, 0.1) is 18.5 Å². The van der Waals surface area contributed by atoms with Crippen LogP contribution >= 0.6 is 12.2 Å². The Labute approximate surface area is 145 Å². The van der Waals surface area contributed by atoms with Crippen molar-refractivity contribution in [3.8, 4) is 5.88 Å². The number of nitrogens with one attached hydrogen (secondary N) is 2. The normalized spacial score (nSPS) is 10.2. The molecule has 2 rings (SSSR count). The van der Waals surface area contributed by atoms with Gasteiger partial charge in [0.15, 0.2) is 10.8 Å². The van der Waals surface area contributed by atoms with Crippen LogP contribution in [0.5, 0.6) is 5.88 Å². The van der Waals surface area contributed by atoms with Gasteiger partial charge in [-0.1, -0.05) is 24.9 Å². The molecule has 2 aromatic rings. The van der Waals surface area contributed by atoms with Gasteiger partial charge in [-0.25, -0.2) is 4.98 Å². The Balaban J connectivity index is 1.80. The third-order valence-corrected chi connectivity index (χ3v) is 3.28. The number of thiocarbonyl (C=S) groups is 1. The summed E-state index contributed by atoms with van der Waals surface area (Å²) in [6.07, 6.45) is 4.89. The molecule has 0 aliphatic rings. The highest BCUT2D eigenvalue weighted by Crippen LogP contribution is 2.12. The molecule has 2 N–H and O–H groups in total. The highest BCUT2D eigenvalue weighted by Gasteiger charge is 2.12. The average molecular weight is 348 g/mol. The van der Waals surface area contributed by atoms with Crippen molar-refractivity contribution in [1.82, 2.24) is 15.5 Å². The second-order valence-corrected chi connectivity index (χ2v) is 5.58. The topological polar surface area (TPSA) is 89.3 Å². The summed E-state index contributed by atoms with van der Waals surface area (Å²) in [6.45, 7) is 4.50. The van der Waals surface area contributed by atoms with E-state index in [0.717, 1.165) is 19.3 Å². The van der Waals surface area contributed by atoms with Crippen LogP contribution in [0.3, 0.4) is 0 Å². The van der Waals surface area contributed by atoms with Crippen molar-refractivity contribution in [2.24, 2.45) is 0 Å². The van der Waals surface area contributed by atoms with Crippen molar-refractivity contribution in [1.29, 1.82) is 0 Å². The molecule has 0 saturated carbocycles. The van der Waals surface area contributed by atoms with E-state index in [2.05, 4.69) is 27.7 Å². The van der Waals surface area contributed by atoms with Crippen LogP contribution in [0.1, 0.15) is 42.4 Å². The van der Waals surface area contributed by atoms with Crippen LogP contribution in [-0.2, 0) is 0 Å². The fraction of sp³-hybridized carbons (Fsp3) is 0.375. The highest BCUT2D eigenvalue weighted by molar-refractivity contribution is 7.80. The lowest BCUT2D eigenvalue weighted by atomic mass is 10.3. The molecule has 8 heteroatoms. The molecule has 2 heterocycles. The van der Waals surface area contributed by atoms with Crippen LogP contribution < -0.4 is 15.4 Å². The molecule has 0 aliphatic carbocycles. The van der Waals surface area contributed by atoms with Gasteiger partial charge in [-0.3, -0.25) is 10.1 Å². The molecule has 0 unspecified atom stereocenters. The zero-order valence-electron chi connectivity index (χ0n) is 13.7. The summed E-state index contributed by atoms with van der Waals surface area (Å²) in [5.74, 6) is 0.676. The Morgan fingerprint density at radius 2 is 2.21 bits per heavy atom. The first-order valence-electron chi connectivity index (χ1n) is 7.73. The Morgan fingerprint density at radius 1 is 1.38 bits per heavy atom. The van der Waals surface area contributed by atoms with E-state index in [4.69, 9.17) is 21.5 Å². The van der Waals surface area contributed by atoms with Crippen LogP contribution in [0.15, 0.2) is 28.9 Å². The molecule has 1 amide bonds. The molecule has 2 aromatic heterocycles. The van der Waals surface area contributed by atoms with Crippen LogP contribution in [0.2, 0.25) is 0 Å². The van der Waals surface area contributed by atoms with Crippen molar-refractivity contribution < 1.29 is 14.1 Å². The van der Waals surface area contributed by atoms with Gasteiger partial charge in [-0.05, 0) is 31.6 Å². The van der Waals surface area contributed by atoms with E-state index in [1.165, 1.54) is 6.07 Å². The van der Waals surface area contributed by atoms with Gasteiger partial charge in [0.25, 0.3) is 5.91 Å². The number of amides is 1. The number of carbonyl (C=O) groups excluding carboxylic acids is 1. The molecule has 0 aromatic carbocycles. The molecule has 0 radical (unpaired) electrons. The minimum atomic E-state index is -0.437. The predicted octanol–water partition coefficient (Wildman–Crippen LogP) is 3.07. The second kappa shape index (κ2) is 8.97. The summed E-state index contributed by atoms with van der Waals surface area (Å²) in [5.41, 5.74) is 0.822. The Bertz CT molecular complexity index is 685. The lowest BCUT2D eigenvalue weighted by Gasteiger charge is -2.09. The van der Waals surface area contributed by atoms with Gasteiger partial charge in [-0.15, -0.1) is 0 Å². The fourth-order valence-corrected chi connectivity index (χ4v) is 2.08. The van der Waals surface area contributed by atoms with E-state index in [1.54, 1.807) is 25.3 Å². The molecule has 0 fully saturated rings. The van der Waals surface area contributed by atoms with Gasteiger partial charge < -0.3 is 14.6 Å². The molecule has 24 heavy (non-hydrogen) atoms. The van der Waals surface area contributed by atoms with Gasteiger partial charge in [0, 0.05) is 12.1 Å². The number of rotatable bonds is 7. The number of aryl methyl sites for hydroxylation is 1. The number of unbranched alkanes of at least 4 members (excludes halogenated alkanes) is 2. The van der Waals surface area contributed by atoms with Crippen molar-refractivity contribution in [2.75, 3.05) is 11.9 Å². The van der Waals surface area contributed by atoms with E-state index in [0.29, 0.717) is 23.9 Å². The lowest BCUT2D eigenvalue weighted by Crippen LogP contribution is -2.34. The number of anilines is 1. The van der Waals surface area contributed by atoms with Gasteiger partial charge in [0.1, 0.15) is 5.76 Å². The monoisotopic (exact) mass is 348 g/mol. The maximum atomic E-state index is 11.9. The maximum absolute atomic E-state index is 11.9. The first kappa shape index (κ1) is 17.9. The zero-order chi connectivity index (χ0) is 17.4. The molecule has 7 nitrogen and oxygen atoms in total. The standard InChI is InChI=1S/C16H20N4O3S/c1-3-4-5-8-22-14-7-6-12(10-17-14)18-16(24)19-15(21)13-9-11(2)23-20-13/h6-7,9-10H,3-5,8H2,1-2H3,(H2,18,19,21,24). The molecular weight excluding hydrogens is 328 g/mol. The number of aromatic nitrogens is 2. The van der Waals surface area contributed by atoms with E-state index < -0.39 is 5.91 Å². The second-order valence-electron chi connectivity index (χ2n) is 5.17. The summed E-state index contributed by atoms with van der Waals surface area (Å²) >= 11 is 5.09. The summed E-state index contributed by atoms with van der Waals surface area (Å²) in [4.78, 5) is 16.1. The molecule has 0 spiro atoms. The number of hydrogen-bond donors (Lipinski definition) is 2. The number of pyridine rings is 1. The summed E-state index contributed by atoms with van der Waals surface area (Å²) in [6, 6.07) is 5.06.